The van der Waals surface area contributed by atoms with Gasteiger partial charge in [-0.1, -0.05) is 39.0 Å². The fourth-order valence-electron chi connectivity index (χ4n) is 3.11. The lowest BCUT2D eigenvalue weighted by molar-refractivity contribution is -0.125. The minimum atomic E-state index is 0.152. The number of nitrogens with two attached hydrogens (primary N) is 1. The maximum absolute atomic E-state index is 12.0. The molecule has 18 heavy (non-hydrogen) atoms. The van der Waals surface area contributed by atoms with E-state index in [1.54, 1.807) is 0 Å². The van der Waals surface area contributed by atoms with Crippen molar-refractivity contribution in [2.75, 3.05) is 6.54 Å². The van der Waals surface area contributed by atoms with Crippen LogP contribution in [0.15, 0.2) is 0 Å². The Morgan fingerprint density at radius 3 is 2.50 bits per heavy atom. The minimum Gasteiger partial charge on any atom is -0.354 e. The molecule has 2 aliphatic carbocycles. The van der Waals surface area contributed by atoms with E-state index in [4.69, 9.17) is 5.73 Å². The molecular formula is C15H28N2O. The van der Waals surface area contributed by atoms with Crippen LogP contribution in [0, 0.1) is 17.8 Å². The first-order chi connectivity index (χ1) is 8.66. The average Bonchev–Trinajstić information content (AvgIpc) is 3.21. The molecule has 0 aromatic carbocycles. The molecule has 0 aromatic rings. The third-order valence-corrected chi connectivity index (χ3v) is 4.60. The van der Waals surface area contributed by atoms with E-state index in [1.807, 2.05) is 0 Å². The van der Waals surface area contributed by atoms with Crippen molar-refractivity contribution in [3.05, 3.63) is 0 Å². The summed E-state index contributed by atoms with van der Waals surface area (Å²) in [6, 6.07) is 0.177. The molecule has 2 rings (SSSR count). The highest BCUT2D eigenvalue weighted by atomic mass is 16.1. The second-order valence-corrected chi connectivity index (χ2v) is 6.39. The number of hydrogen-bond acceptors (Lipinski definition) is 2. The van der Waals surface area contributed by atoms with Gasteiger partial charge in [0, 0.05) is 18.5 Å². The van der Waals surface area contributed by atoms with E-state index in [9.17, 15) is 4.79 Å². The van der Waals surface area contributed by atoms with Crippen molar-refractivity contribution in [3.63, 3.8) is 0 Å². The van der Waals surface area contributed by atoms with Gasteiger partial charge in [-0.05, 0) is 31.1 Å². The number of rotatable bonds is 6. The minimum absolute atomic E-state index is 0.152. The second kappa shape index (κ2) is 6.55. The average molecular weight is 252 g/mol. The SMILES string of the molecule is CC(CC1CCCCC1)C(=O)NCC(N)C1CC1. The molecule has 2 atom stereocenters. The van der Waals surface area contributed by atoms with E-state index in [-0.39, 0.29) is 17.9 Å². The van der Waals surface area contributed by atoms with E-state index >= 15 is 0 Å². The highest BCUT2D eigenvalue weighted by molar-refractivity contribution is 5.78. The van der Waals surface area contributed by atoms with Crippen molar-refractivity contribution in [2.45, 2.75) is 64.3 Å². The van der Waals surface area contributed by atoms with Gasteiger partial charge in [-0.25, -0.2) is 0 Å². The van der Waals surface area contributed by atoms with Crippen molar-refractivity contribution in [2.24, 2.45) is 23.5 Å². The van der Waals surface area contributed by atoms with E-state index in [0.717, 1.165) is 12.3 Å². The quantitative estimate of drug-likeness (QED) is 0.763. The molecule has 1 amide bonds. The molecule has 2 saturated carbocycles. The van der Waals surface area contributed by atoms with Gasteiger partial charge in [0.15, 0.2) is 0 Å². The summed E-state index contributed by atoms with van der Waals surface area (Å²) in [6.07, 6.45) is 10.3. The van der Waals surface area contributed by atoms with Crippen LogP contribution in [0.25, 0.3) is 0 Å². The molecule has 0 aliphatic heterocycles. The first-order valence-corrected chi connectivity index (χ1v) is 7.70. The van der Waals surface area contributed by atoms with Crippen molar-refractivity contribution in [3.8, 4) is 0 Å². The van der Waals surface area contributed by atoms with Crippen LogP contribution in [0.4, 0.5) is 0 Å². The second-order valence-electron chi connectivity index (χ2n) is 6.39. The Morgan fingerprint density at radius 1 is 1.22 bits per heavy atom. The molecule has 2 unspecified atom stereocenters. The summed E-state index contributed by atoms with van der Waals surface area (Å²) in [6.45, 7) is 2.73. The largest absolute Gasteiger partial charge is 0.354 e. The zero-order valence-electron chi connectivity index (χ0n) is 11.7. The lowest BCUT2D eigenvalue weighted by atomic mass is 9.83. The summed E-state index contributed by atoms with van der Waals surface area (Å²) in [5, 5.41) is 3.03. The van der Waals surface area contributed by atoms with Crippen LogP contribution in [0.5, 0.6) is 0 Å². The Morgan fingerprint density at radius 2 is 1.89 bits per heavy atom. The lowest BCUT2D eigenvalue weighted by Crippen LogP contribution is -2.41. The van der Waals surface area contributed by atoms with Gasteiger partial charge < -0.3 is 11.1 Å². The number of amides is 1. The first-order valence-electron chi connectivity index (χ1n) is 7.70. The summed E-state index contributed by atoms with van der Waals surface area (Å²) in [5.41, 5.74) is 6.00. The fraction of sp³-hybridized carbons (Fsp3) is 0.933. The third-order valence-electron chi connectivity index (χ3n) is 4.60. The van der Waals surface area contributed by atoms with Crippen LogP contribution in [0.2, 0.25) is 0 Å². The Balaban J connectivity index is 1.63. The first kappa shape index (κ1) is 13.9. The van der Waals surface area contributed by atoms with Gasteiger partial charge >= 0.3 is 0 Å². The van der Waals surface area contributed by atoms with Crippen molar-refractivity contribution >= 4 is 5.91 Å². The molecule has 0 bridgehead atoms. The number of hydrogen-bond donors (Lipinski definition) is 2. The van der Waals surface area contributed by atoms with E-state index < -0.39 is 0 Å². The topological polar surface area (TPSA) is 55.1 Å². The molecular weight excluding hydrogens is 224 g/mol. The lowest BCUT2D eigenvalue weighted by Gasteiger charge is -2.24. The fourth-order valence-corrected chi connectivity index (χ4v) is 3.11. The maximum atomic E-state index is 12.0. The van der Waals surface area contributed by atoms with Crippen molar-refractivity contribution in [1.29, 1.82) is 0 Å². The monoisotopic (exact) mass is 252 g/mol. The Labute approximate surface area is 111 Å². The van der Waals surface area contributed by atoms with Crippen LogP contribution in [0.3, 0.4) is 0 Å². The van der Waals surface area contributed by atoms with Crippen LogP contribution >= 0.6 is 0 Å². The van der Waals surface area contributed by atoms with Gasteiger partial charge in [-0.3, -0.25) is 4.79 Å². The number of nitrogens with one attached hydrogen (secondary N) is 1. The summed E-state index contributed by atoms with van der Waals surface area (Å²) in [4.78, 5) is 12.0. The molecule has 3 nitrogen and oxygen atoms in total. The van der Waals surface area contributed by atoms with Crippen LogP contribution in [0.1, 0.15) is 58.3 Å². The summed E-state index contributed by atoms with van der Waals surface area (Å²) in [7, 11) is 0. The van der Waals surface area contributed by atoms with Crippen LogP contribution in [-0.4, -0.2) is 18.5 Å². The van der Waals surface area contributed by atoms with E-state index in [2.05, 4.69) is 12.2 Å². The summed E-state index contributed by atoms with van der Waals surface area (Å²) < 4.78 is 0. The van der Waals surface area contributed by atoms with Crippen LogP contribution in [-0.2, 0) is 4.79 Å². The van der Waals surface area contributed by atoms with Crippen molar-refractivity contribution in [1.82, 2.24) is 5.32 Å². The summed E-state index contributed by atoms with van der Waals surface area (Å²) >= 11 is 0. The van der Waals surface area contributed by atoms with Gasteiger partial charge in [-0.2, -0.15) is 0 Å². The molecule has 3 N–H and O–H groups in total. The van der Waals surface area contributed by atoms with Crippen molar-refractivity contribution < 1.29 is 4.79 Å². The predicted octanol–water partition coefficient (Wildman–Crippen LogP) is 2.45. The third kappa shape index (κ3) is 4.27. The number of carbonyl (C=O) groups is 1. The molecule has 3 heteroatoms. The standard InChI is InChI=1S/C15H28N2O/c1-11(9-12-5-3-2-4-6-12)15(18)17-10-14(16)13-7-8-13/h11-14H,2-10,16H2,1H3,(H,17,18). The molecule has 0 heterocycles. The maximum Gasteiger partial charge on any atom is 0.222 e. The smallest absolute Gasteiger partial charge is 0.222 e. The van der Waals surface area contributed by atoms with E-state index in [1.165, 1.54) is 44.9 Å². The molecule has 2 aliphatic rings. The molecule has 0 spiro atoms. The van der Waals surface area contributed by atoms with Gasteiger partial charge in [-0.15, -0.1) is 0 Å². The Hall–Kier alpha value is -0.570. The number of carbonyl (C=O) groups excluding carboxylic acids is 1. The highest BCUT2D eigenvalue weighted by Crippen LogP contribution is 2.31. The van der Waals surface area contributed by atoms with Crippen LogP contribution < -0.4 is 11.1 Å². The normalized spacial score (nSPS) is 24.6. The zero-order valence-corrected chi connectivity index (χ0v) is 11.7. The van der Waals surface area contributed by atoms with Gasteiger partial charge in [0.05, 0.1) is 0 Å². The zero-order chi connectivity index (χ0) is 13.0. The molecule has 104 valence electrons. The van der Waals surface area contributed by atoms with Gasteiger partial charge in [0.25, 0.3) is 0 Å². The highest BCUT2D eigenvalue weighted by Gasteiger charge is 2.29. The molecule has 2 fully saturated rings. The molecule has 0 saturated heterocycles. The molecule has 0 aromatic heterocycles. The van der Waals surface area contributed by atoms with E-state index in [0.29, 0.717) is 12.5 Å². The Bertz CT molecular complexity index is 270. The predicted molar refractivity (Wildman–Crippen MR) is 74.1 cm³/mol. The summed E-state index contributed by atoms with van der Waals surface area (Å²) in [5.74, 6) is 1.80. The van der Waals surface area contributed by atoms with Gasteiger partial charge in [0.1, 0.15) is 0 Å². The Kier molecular flexibility index (Phi) is 5.04. The molecule has 0 radical (unpaired) electrons. The van der Waals surface area contributed by atoms with Gasteiger partial charge in [0.2, 0.25) is 5.91 Å².